The van der Waals surface area contributed by atoms with Crippen LogP contribution in [-0.4, -0.2) is 38.4 Å². The maximum atomic E-state index is 13.1. The van der Waals surface area contributed by atoms with E-state index in [1.807, 2.05) is 18.2 Å². The van der Waals surface area contributed by atoms with Crippen molar-refractivity contribution in [2.24, 2.45) is 5.73 Å². The van der Waals surface area contributed by atoms with Gasteiger partial charge in [0.15, 0.2) is 11.5 Å². The lowest BCUT2D eigenvalue weighted by atomic mass is 10.0. The Morgan fingerprint density at radius 1 is 1.04 bits per heavy atom. The molecule has 0 saturated carbocycles. The van der Waals surface area contributed by atoms with Crippen molar-refractivity contribution < 1.29 is 22.7 Å². The number of ether oxygens (including phenoxy) is 2. The summed E-state index contributed by atoms with van der Waals surface area (Å²) in [5, 5.41) is 0. The van der Waals surface area contributed by atoms with Crippen molar-refractivity contribution in [3.63, 3.8) is 0 Å². The molecule has 7 nitrogen and oxygen atoms in total. The SMILES string of the molecule is NC(=O)c1ccc(S(=O)(=O)N2CCCC2c2ccc3c(c2)OCCO3)cc1. The van der Waals surface area contributed by atoms with E-state index in [0.717, 1.165) is 18.4 Å². The highest BCUT2D eigenvalue weighted by molar-refractivity contribution is 7.89. The van der Waals surface area contributed by atoms with Gasteiger partial charge in [0.05, 0.1) is 10.9 Å². The Bertz CT molecular complexity index is 972. The second kappa shape index (κ2) is 6.86. The van der Waals surface area contributed by atoms with E-state index in [-0.39, 0.29) is 16.5 Å². The number of carbonyl (C=O) groups is 1. The normalized spacial score (nSPS) is 19.8. The number of hydrogen-bond donors (Lipinski definition) is 1. The molecule has 27 heavy (non-hydrogen) atoms. The number of nitrogens with zero attached hydrogens (tertiary/aromatic N) is 1. The topological polar surface area (TPSA) is 98.9 Å². The molecule has 1 amide bonds. The third-order valence-electron chi connectivity index (χ3n) is 4.90. The summed E-state index contributed by atoms with van der Waals surface area (Å²) in [4.78, 5) is 11.4. The summed E-state index contributed by atoms with van der Waals surface area (Å²) >= 11 is 0. The number of nitrogens with two attached hydrogens (primary N) is 1. The lowest BCUT2D eigenvalue weighted by Crippen LogP contribution is -2.31. The molecule has 0 radical (unpaired) electrons. The van der Waals surface area contributed by atoms with Gasteiger partial charge in [-0.25, -0.2) is 8.42 Å². The minimum atomic E-state index is -3.69. The van der Waals surface area contributed by atoms with E-state index in [4.69, 9.17) is 15.2 Å². The predicted molar refractivity (Wildman–Crippen MR) is 98.3 cm³/mol. The lowest BCUT2D eigenvalue weighted by Gasteiger charge is -2.26. The Labute approximate surface area is 157 Å². The zero-order valence-corrected chi connectivity index (χ0v) is 15.4. The molecule has 0 aromatic heterocycles. The van der Waals surface area contributed by atoms with E-state index in [1.54, 1.807) is 0 Å². The number of rotatable bonds is 4. The highest BCUT2D eigenvalue weighted by Gasteiger charge is 2.36. The zero-order chi connectivity index (χ0) is 19.0. The van der Waals surface area contributed by atoms with Gasteiger partial charge in [-0.2, -0.15) is 4.31 Å². The third kappa shape index (κ3) is 3.26. The smallest absolute Gasteiger partial charge is 0.248 e. The van der Waals surface area contributed by atoms with Gasteiger partial charge in [-0.1, -0.05) is 6.07 Å². The van der Waals surface area contributed by atoms with Crippen molar-refractivity contribution in [2.45, 2.75) is 23.8 Å². The average molecular weight is 388 g/mol. The van der Waals surface area contributed by atoms with Crippen LogP contribution in [0.5, 0.6) is 11.5 Å². The second-order valence-electron chi connectivity index (χ2n) is 6.57. The molecule has 1 fully saturated rings. The van der Waals surface area contributed by atoms with Gasteiger partial charge in [0.25, 0.3) is 0 Å². The summed E-state index contributed by atoms with van der Waals surface area (Å²) in [5.41, 5.74) is 6.39. The maximum absolute atomic E-state index is 13.1. The first kappa shape index (κ1) is 17.8. The number of benzene rings is 2. The third-order valence-corrected chi connectivity index (χ3v) is 6.82. The van der Waals surface area contributed by atoms with Gasteiger partial charge in [0.1, 0.15) is 13.2 Å². The van der Waals surface area contributed by atoms with Gasteiger partial charge >= 0.3 is 0 Å². The molecule has 0 bridgehead atoms. The number of hydrogen-bond acceptors (Lipinski definition) is 5. The molecule has 1 unspecified atom stereocenters. The van der Waals surface area contributed by atoms with Crippen LogP contribution in [0.4, 0.5) is 0 Å². The van der Waals surface area contributed by atoms with Gasteiger partial charge in [-0.15, -0.1) is 0 Å². The molecule has 4 rings (SSSR count). The molecule has 2 N–H and O–H groups in total. The number of primary amides is 1. The van der Waals surface area contributed by atoms with Crippen LogP contribution in [0.15, 0.2) is 47.4 Å². The lowest BCUT2D eigenvalue weighted by molar-refractivity contribution is 0.1000. The van der Waals surface area contributed by atoms with Crippen LogP contribution in [-0.2, 0) is 10.0 Å². The number of fused-ring (bicyclic) bond motifs is 1. The standard InChI is InChI=1S/C19H20N2O5S/c20-19(22)13-3-6-15(7-4-13)27(23,24)21-9-1-2-16(21)14-5-8-17-18(12-14)26-11-10-25-17/h3-8,12,16H,1-2,9-11H2,(H2,20,22). The van der Waals surface area contributed by atoms with Crippen LogP contribution in [0.2, 0.25) is 0 Å². The summed E-state index contributed by atoms with van der Waals surface area (Å²) < 4.78 is 39.0. The summed E-state index contributed by atoms with van der Waals surface area (Å²) in [6.45, 7) is 1.44. The Hall–Kier alpha value is -2.58. The van der Waals surface area contributed by atoms with E-state index in [0.29, 0.717) is 31.3 Å². The Balaban J connectivity index is 1.65. The first-order chi connectivity index (χ1) is 13.0. The van der Waals surface area contributed by atoms with Gasteiger partial charge < -0.3 is 15.2 Å². The van der Waals surface area contributed by atoms with Gasteiger partial charge in [0.2, 0.25) is 15.9 Å². The Morgan fingerprint density at radius 2 is 1.74 bits per heavy atom. The molecule has 2 aliphatic rings. The molecule has 2 aliphatic heterocycles. The molecular weight excluding hydrogens is 368 g/mol. The Kier molecular flexibility index (Phi) is 4.53. The molecule has 0 spiro atoms. The van der Waals surface area contributed by atoms with Crippen LogP contribution in [0.3, 0.4) is 0 Å². The highest BCUT2D eigenvalue weighted by Crippen LogP contribution is 2.40. The van der Waals surface area contributed by atoms with Crippen LogP contribution >= 0.6 is 0 Å². The number of amides is 1. The zero-order valence-electron chi connectivity index (χ0n) is 14.6. The van der Waals surface area contributed by atoms with Crippen molar-refractivity contribution in [1.82, 2.24) is 4.31 Å². The van der Waals surface area contributed by atoms with Crippen molar-refractivity contribution in [1.29, 1.82) is 0 Å². The molecule has 1 saturated heterocycles. The fraction of sp³-hybridized carbons (Fsp3) is 0.316. The molecule has 0 aliphatic carbocycles. The monoisotopic (exact) mass is 388 g/mol. The van der Waals surface area contributed by atoms with Gasteiger partial charge in [-0.05, 0) is 54.8 Å². The largest absolute Gasteiger partial charge is 0.486 e. The quantitative estimate of drug-likeness (QED) is 0.865. The molecule has 1 atom stereocenters. The van der Waals surface area contributed by atoms with Gasteiger partial charge in [0, 0.05) is 12.1 Å². The average Bonchev–Trinajstić information content (AvgIpc) is 3.18. The fourth-order valence-electron chi connectivity index (χ4n) is 3.55. The van der Waals surface area contributed by atoms with Crippen LogP contribution in [0.25, 0.3) is 0 Å². The number of carbonyl (C=O) groups excluding carboxylic acids is 1. The Morgan fingerprint density at radius 3 is 2.44 bits per heavy atom. The summed E-state index contributed by atoms with van der Waals surface area (Å²) in [6, 6.07) is 11.0. The molecule has 2 heterocycles. The predicted octanol–water partition coefficient (Wildman–Crippen LogP) is 2.08. The molecule has 142 valence electrons. The van der Waals surface area contributed by atoms with Crippen LogP contribution < -0.4 is 15.2 Å². The van der Waals surface area contributed by atoms with E-state index in [2.05, 4.69) is 0 Å². The van der Waals surface area contributed by atoms with Crippen molar-refractivity contribution in [2.75, 3.05) is 19.8 Å². The molecular formula is C19H20N2O5S. The molecule has 2 aromatic rings. The molecule has 8 heteroatoms. The fourth-order valence-corrected chi connectivity index (χ4v) is 5.24. The van der Waals surface area contributed by atoms with E-state index < -0.39 is 15.9 Å². The van der Waals surface area contributed by atoms with Crippen molar-refractivity contribution >= 4 is 15.9 Å². The van der Waals surface area contributed by atoms with Gasteiger partial charge in [-0.3, -0.25) is 4.79 Å². The summed E-state index contributed by atoms with van der Waals surface area (Å²) in [6.07, 6.45) is 1.51. The minimum absolute atomic E-state index is 0.150. The second-order valence-corrected chi connectivity index (χ2v) is 8.46. The maximum Gasteiger partial charge on any atom is 0.248 e. The first-order valence-electron chi connectivity index (χ1n) is 8.78. The van der Waals surface area contributed by atoms with Crippen molar-refractivity contribution in [3.05, 3.63) is 53.6 Å². The van der Waals surface area contributed by atoms with E-state index in [9.17, 15) is 13.2 Å². The van der Waals surface area contributed by atoms with E-state index in [1.165, 1.54) is 28.6 Å². The number of sulfonamides is 1. The summed E-state index contributed by atoms with van der Waals surface area (Å²) in [5.74, 6) is 0.738. The summed E-state index contributed by atoms with van der Waals surface area (Å²) in [7, 11) is -3.69. The minimum Gasteiger partial charge on any atom is -0.486 e. The van der Waals surface area contributed by atoms with Crippen LogP contribution in [0, 0.1) is 0 Å². The van der Waals surface area contributed by atoms with E-state index >= 15 is 0 Å². The van der Waals surface area contributed by atoms with Crippen molar-refractivity contribution in [3.8, 4) is 11.5 Å². The van der Waals surface area contributed by atoms with Crippen LogP contribution in [0.1, 0.15) is 34.8 Å². The highest BCUT2D eigenvalue weighted by atomic mass is 32.2. The molecule has 2 aromatic carbocycles. The first-order valence-corrected chi connectivity index (χ1v) is 10.2.